The summed E-state index contributed by atoms with van der Waals surface area (Å²) >= 11 is 2.18. The average molecular weight is 366 g/mol. The van der Waals surface area contributed by atoms with Crippen LogP contribution in [0.25, 0.3) is 0 Å². The maximum absolute atomic E-state index is 12.3. The van der Waals surface area contributed by atoms with Crippen molar-refractivity contribution < 1.29 is 4.79 Å². The second kappa shape index (κ2) is 6.06. The van der Waals surface area contributed by atoms with Gasteiger partial charge in [-0.05, 0) is 52.4 Å². The first kappa shape index (κ1) is 13.9. The van der Waals surface area contributed by atoms with Gasteiger partial charge in [-0.1, -0.05) is 24.3 Å². The normalized spacial score (nSPS) is 10.2. The first-order valence-corrected chi connectivity index (χ1v) is 7.00. The first-order valence-electron chi connectivity index (χ1n) is 5.92. The van der Waals surface area contributed by atoms with Gasteiger partial charge in [0.1, 0.15) is 0 Å². The number of hydrogen-bond donors (Lipinski definition) is 1. The molecular formula is C15H15IN2O. The Labute approximate surface area is 126 Å². The van der Waals surface area contributed by atoms with Crippen molar-refractivity contribution in [1.82, 2.24) is 4.90 Å². The lowest BCUT2D eigenvalue weighted by atomic mass is 10.1. The number of nitrogen functional groups attached to an aromatic ring is 1. The predicted molar refractivity (Wildman–Crippen MR) is 85.8 cm³/mol. The van der Waals surface area contributed by atoms with Crippen molar-refractivity contribution in [2.75, 3.05) is 12.8 Å². The van der Waals surface area contributed by atoms with Crippen molar-refractivity contribution in [1.29, 1.82) is 0 Å². The zero-order valence-electron chi connectivity index (χ0n) is 10.6. The van der Waals surface area contributed by atoms with Crippen LogP contribution in [0.1, 0.15) is 15.9 Å². The molecule has 0 radical (unpaired) electrons. The molecule has 0 atom stereocenters. The molecule has 98 valence electrons. The molecule has 2 aromatic carbocycles. The zero-order chi connectivity index (χ0) is 13.8. The summed E-state index contributed by atoms with van der Waals surface area (Å²) in [6.45, 7) is 0.573. The fourth-order valence-corrected chi connectivity index (χ4v) is 2.43. The zero-order valence-corrected chi connectivity index (χ0v) is 12.8. The summed E-state index contributed by atoms with van der Waals surface area (Å²) in [5.41, 5.74) is 8.18. The van der Waals surface area contributed by atoms with E-state index in [-0.39, 0.29) is 5.91 Å². The lowest BCUT2D eigenvalue weighted by molar-refractivity contribution is 0.0784. The summed E-state index contributed by atoms with van der Waals surface area (Å²) < 4.78 is 0.967. The highest BCUT2D eigenvalue weighted by Gasteiger charge is 2.14. The average Bonchev–Trinajstić information content (AvgIpc) is 2.41. The minimum atomic E-state index is 0.0295. The van der Waals surface area contributed by atoms with Crippen LogP contribution in [-0.4, -0.2) is 17.9 Å². The van der Waals surface area contributed by atoms with Crippen LogP contribution in [0.4, 0.5) is 5.69 Å². The molecule has 0 aromatic heterocycles. The minimum absolute atomic E-state index is 0.0295. The van der Waals surface area contributed by atoms with E-state index >= 15 is 0 Å². The van der Waals surface area contributed by atoms with E-state index in [2.05, 4.69) is 22.6 Å². The number of anilines is 1. The highest BCUT2D eigenvalue weighted by molar-refractivity contribution is 14.1. The first-order chi connectivity index (χ1) is 9.08. The molecule has 0 saturated heterocycles. The van der Waals surface area contributed by atoms with E-state index in [1.807, 2.05) is 55.6 Å². The van der Waals surface area contributed by atoms with Crippen LogP contribution in [0.3, 0.4) is 0 Å². The summed E-state index contributed by atoms with van der Waals surface area (Å²) in [6, 6.07) is 15.2. The molecule has 1 amide bonds. The van der Waals surface area contributed by atoms with Gasteiger partial charge < -0.3 is 10.6 Å². The molecule has 19 heavy (non-hydrogen) atoms. The minimum Gasteiger partial charge on any atom is -0.399 e. The summed E-state index contributed by atoms with van der Waals surface area (Å²) in [6.07, 6.45) is 0. The lowest BCUT2D eigenvalue weighted by Crippen LogP contribution is -2.26. The second-order valence-corrected chi connectivity index (χ2v) is 5.54. The third-order valence-corrected chi connectivity index (χ3v) is 3.79. The van der Waals surface area contributed by atoms with Gasteiger partial charge in [0.15, 0.2) is 0 Å². The Morgan fingerprint density at radius 1 is 1.16 bits per heavy atom. The Hall–Kier alpha value is -1.56. The van der Waals surface area contributed by atoms with Gasteiger partial charge in [0, 0.05) is 22.8 Å². The van der Waals surface area contributed by atoms with Gasteiger partial charge >= 0.3 is 0 Å². The number of hydrogen-bond acceptors (Lipinski definition) is 2. The number of carbonyl (C=O) groups is 1. The lowest BCUT2D eigenvalue weighted by Gasteiger charge is -2.18. The van der Waals surface area contributed by atoms with Gasteiger partial charge in [0.05, 0.1) is 5.56 Å². The molecule has 0 spiro atoms. The number of nitrogens with zero attached hydrogens (tertiary/aromatic N) is 1. The summed E-state index contributed by atoms with van der Waals surface area (Å²) in [4.78, 5) is 14.0. The van der Waals surface area contributed by atoms with Gasteiger partial charge in [-0.3, -0.25) is 4.79 Å². The van der Waals surface area contributed by atoms with Crippen molar-refractivity contribution in [3.63, 3.8) is 0 Å². The van der Waals surface area contributed by atoms with Gasteiger partial charge in [-0.2, -0.15) is 0 Å². The molecule has 2 aromatic rings. The molecule has 0 saturated carbocycles. The molecule has 2 rings (SSSR count). The standard InChI is InChI=1S/C15H15IN2O/c1-18(10-11-6-8-12(17)9-7-11)15(19)13-4-2-3-5-14(13)16/h2-9H,10,17H2,1H3. The molecule has 0 heterocycles. The molecule has 0 aliphatic heterocycles. The van der Waals surface area contributed by atoms with E-state index in [9.17, 15) is 4.79 Å². The molecule has 2 N–H and O–H groups in total. The summed E-state index contributed by atoms with van der Waals surface area (Å²) in [5.74, 6) is 0.0295. The number of rotatable bonds is 3. The van der Waals surface area contributed by atoms with Crippen molar-refractivity contribution >= 4 is 34.2 Å². The molecule has 0 unspecified atom stereocenters. The van der Waals surface area contributed by atoms with E-state index in [4.69, 9.17) is 5.73 Å². The molecule has 0 bridgehead atoms. The fraction of sp³-hybridized carbons (Fsp3) is 0.133. The van der Waals surface area contributed by atoms with Gasteiger partial charge in [0.2, 0.25) is 0 Å². The van der Waals surface area contributed by atoms with Crippen LogP contribution in [0.15, 0.2) is 48.5 Å². The smallest absolute Gasteiger partial charge is 0.254 e. The largest absolute Gasteiger partial charge is 0.399 e. The van der Waals surface area contributed by atoms with Crippen molar-refractivity contribution in [3.05, 3.63) is 63.2 Å². The number of halogens is 1. The summed E-state index contributed by atoms with van der Waals surface area (Å²) in [5, 5.41) is 0. The summed E-state index contributed by atoms with van der Waals surface area (Å²) in [7, 11) is 1.81. The van der Waals surface area contributed by atoms with Crippen molar-refractivity contribution in [2.45, 2.75) is 6.54 Å². The third kappa shape index (κ3) is 3.47. The predicted octanol–water partition coefficient (Wildman–Crippen LogP) is 3.15. The Morgan fingerprint density at radius 3 is 2.42 bits per heavy atom. The molecular weight excluding hydrogens is 351 g/mol. The monoisotopic (exact) mass is 366 g/mol. The fourth-order valence-electron chi connectivity index (χ4n) is 1.81. The Bertz CT molecular complexity index is 581. The number of nitrogens with two attached hydrogens (primary N) is 1. The molecule has 0 aliphatic carbocycles. The third-order valence-electron chi connectivity index (χ3n) is 2.85. The van der Waals surface area contributed by atoms with E-state index in [1.54, 1.807) is 4.90 Å². The van der Waals surface area contributed by atoms with E-state index in [0.717, 1.165) is 20.4 Å². The van der Waals surface area contributed by atoms with Gasteiger partial charge in [0.25, 0.3) is 5.91 Å². The van der Waals surface area contributed by atoms with Crippen molar-refractivity contribution in [3.8, 4) is 0 Å². The second-order valence-electron chi connectivity index (χ2n) is 4.38. The van der Waals surface area contributed by atoms with Gasteiger partial charge in [-0.15, -0.1) is 0 Å². The van der Waals surface area contributed by atoms with E-state index < -0.39 is 0 Å². The van der Waals surface area contributed by atoms with Crippen LogP contribution in [0.5, 0.6) is 0 Å². The number of carbonyl (C=O) groups excluding carboxylic acids is 1. The van der Waals surface area contributed by atoms with E-state index in [0.29, 0.717) is 6.54 Å². The molecule has 0 aliphatic rings. The van der Waals surface area contributed by atoms with Crippen LogP contribution in [0, 0.1) is 3.57 Å². The highest BCUT2D eigenvalue weighted by atomic mass is 127. The van der Waals surface area contributed by atoms with Crippen LogP contribution < -0.4 is 5.73 Å². The maximum Gasteiger partial charge on any atom is 0.254 e. The Balaban J connectivity index is 2.12. The number of amides is 1. The Kier molecular flexibility index (Phi) is 4.42. The maximum atomic E-state index is 12.3. The van der Waals surface area contributed by atoms with Gasteiger partial charge in [-0.25, -0.2) is 0 Å². The number of benzene rings is 2. The van der Waals surface area contributed by atoms with Crippen molar-refractivity contribution in [2.24, 2.45) is 0 Å². The van der Waals surface area contributed by atoms with E-state index in [1.165, 1.54) is 0 Å². The topological polar surface area (TPSA) is 46.3 Å². The van der Waals surface area contributed by atoms with Crippen LogP contribution >= 0.6 is 22.6 Å². The Morgan fingerprint density at radius 2 is 1.79 bits per heavy atom. The molecule has 4 heteroatoms. The quantitative estimate of drug-likeness (QED) is 0.670. The SMILES string of the molecule is CN(Cc1ccc(N)cc1)C(=O)c1ccccc1I. The van der Waals surface area contributed by atoms with Crippen LogP contribution in [0.2, 0.25) is 0 Å². The highest BCUT2D eigenvalue weighted by Crippen LogP contribution is 2.15. The van der Waals surface area contributed by atoms with Crippen LogP contribution in [-0.2, 0) is 6.54 Å². The molecule has 0 fully saturated rings. The molecule has 3 nitrogen and oxygen atoms in total.